The molecule has 0 atom stereocenters. The van der Waals surface area contributed by atoms with Crippen molar-refractivity contribution in [2.45, 2.75) is 50.9 Å². The molecule has 1 aromatic rings. The average molecular weight is 292 g/mol. The van der Waals surface area contributed by atoms with E-state index in [4.69, 9.17) is 9.84 Å². The predicted octanol–water partition coefficient (Wildman–Crippen LogP) is 4.36. The Labute approximate surface area is 124 Å². The molecule has 1 N–H and O–H groups in total. The SMILES string of the molecule is O=C(O)c1cc(C2CCC2)c(OCC2CCCC2)cc1F. The summed E-state index contributed by atoms with van der Waals surface area (Å²) in [6.07, 6.45) is 8.05. The molecule has 0 bridgehead atoms. The number of ether oxygens (including phenoxy) is 1. The van der Waals surface area contributed by atoms with E-state index in [-0.39, 0.29) is 5.56 Å². The molecule has 1 aromatic carbocycles. The van der Waals surface area contributed by atoms with Gasteiger partial charge in [-0.05, 0) is 49.1 Å². The molecule has 2 aliphatic rings. The summed E-state index contributed by atoms with van der Waals surface area (Å²) in [6, 6.07) is 2.75. The Hall–Kier alpha value is -1.58. The van der Waals surface area contributed by atoms with Crippen molar-refractivity contribution in [1.29, 1.82) is 0 Å². The van der Waals surface area contributed by atoms with E-state index >= 15 is 0 Å². The number of rotatable bonds is 5. The van der Waals surface area contributed by atoms with E-state index in [2.05, 4.69) is 0 Å². The lowest BCUT2D eigenvalue weighted by Crippen LogP contribution is -2.15. The van der Waals surface area contributed by atoms with E-state index in [1.165, 1.54) is 37.8 Å². The van der Waals surface area contributed by atoms with Crippen molar-refractivity contribution in [3.63, 3.8) is 0 Å². The molecule has 0 aliphatic heterocycles. The molecule has 3 nitrogen and oxygen atoms in total. The Bertz CT molecular complexity index is 531. The molecule has 2 fully saturated rings. The van der Waals surface area contributed by atoms with Crippen molar-refractivity contribution < 1.29 is 19.0 Å². The van der Waals surface area contributed by atoms with E-state index in [1.54, 1.807) is 0 Å². The zero-order chi connectivity index (χ0) is 14.8. The molecule has 0 saturated heterocycles. The number of carboxylic acid groups (broad SMARTS) is 1. The molecule has 0 unspecified atom stereocenters. The average Bonchev–Trinajstić information content (AvgIpc) is 2.89. The van der Waals surface area contributed by atoms with Crippen LogP contribution in [-0.4, -0.2) is 17.7 Å². The van der Waals surface area contributed by atoms with Crippen LogP contribution in [0.15, 0.2) is 12.1 Å². The van der Waals surface area contributed by atoms with Gasteiger partial charge in [0, 0.05) is 6.07 Å². The van der Waals surface area contributed by atoms with Crippen LogP contribution >= 0.6 is 0 Å². The van der Waals surface area contributed by atoms with Crippen LogP contribution in [0, 0.1) is 11.7 Å². The number of hydrogen-bond acceptors (Lipinski definition) is 2. The van der Waals surface area contributed by atoms with E-state index in [9.17, 15) is 9.18 Å². The minimum absolute atomic E-state index is 0.245. The van der Waals surface area contributed by atoms with Crippen LogP contribution in [0.4, 0.5) is 4.39 Å². The molecular formula is C17H21FO3. The number of benzene rings is 1. The zero-order valence-corrected chi connectivity index (χ0v) is 12.1. The highest BCUT2D eigenvalue weighted by molar-refractivity contribution is 5.88. The van der Waals surface area contributed by atoms with Crippen molar-refractivity contribution in [2.24, 2.45) is 5.92 Å². The molecule has 0 spiro atoms. The number of aromatic carboxylic acids is 1. The predicted molar refractivity (Wildman–Crippen MR) is 77.4 cm³/mol. The fraction of sp³-hybridized carbons (Fsp3) is 0.588. The monoisotopic (exact) mass is 292 g/mol. The molecule has 0 radical (unpaired) electrons. The molecule has 4 heteroatoms. The first kappa shape index (κ1) is 14.4. The summed E-state index contributed by atoms with van der Waals surface area (Å²) in [7, 11) is 0. The lowest BCUT2D eigenvalue weighted by Gasteiger charge is -2.28. The van der Waals surface area contributed by atoms with Crippen LogP contribution in [0.2, 0.25) is 0 Å². The molecule has 0 amide bonds. The highest BCUT2D eigenvalue weighted by Gasteiger charge is 2.27. The van der Waals surface area contributed by atoms with Gasteiger partial charge in [-0.25, -0.2) is 9.18 Å². The van der Waals surface area contributed by atoms with Crippen molar-refractivity contribution in [3.8, 4) is 5.75 Å². The summed E-state index contributed by atoms with van der Waals surface area (Å²) < 4.78 is 19.8. The van der Waals surface area contributed by atoms with Crippen molar-refractivity contribution >= 4 is 5.97 Å². The Morgan fingerprint density at radius 2 is 1.90 bits per heavy atom. The lowest BCUT2D eigenvalue weighted by molar-refractivity contribution is 0.0691. The molecule has 114 valence electrons. The van der Waals surface area contributed by atoms with Gasteiger partial charge in [0.15, 0.2) is 0 Å². The summed E-state index contributed by atoms with van der Waals surface area (Å²) in [5.41, 5.74) is 0.628. The van der Waals surface area contributed by atoms with Gasteiger partial charge < -0.3 is 9.84 Å². The standard InChI is InChI=1S/C17H21FO3/c18-15-9-16(21-10-11-4-1-2-5-11)13(12-6-3-7-12)8-14(15)17(19)20/h8-9,11-12H,1-7,10H2,(H,19,20). The molecule has 21 heavy (non-hydrogen) atoms. The number of carbonyl (C=O) groups is 1. The fourth-order valence-electron chi connectivity index (χ4n) is 3.28. The topological polar surface area (TPSA) is 46.5 Å². The highest BCUT2D eigenvalue weighted by Crippen LogP contribution is 2.42. The minimum Gasteiger partial charge on any atom is -0.493 e. The van der Waals surface area contributed by atoms with Gasteiger partial charge in [-0.15, -0.1) is 0 Å². The van der Waals surface area contributed by atoms with Gasteiger partial charge in [-0.2, -0.15) is 0 Å². The Kier molecular flexibility index (Phi) is 4.13. The largest absolute Gasteiger partial charge is 0.493 e. The Balaban J connectivity index is 1.82. The first-order valence-electron chi connectivity index (χ1n) is 7.84. The summed E-state index contributed by atoms with van der Waals surface area (Å²) in [5, 5.41) is 9.08. The second-order valence-corrected chi connectivity index (χ2v) is 6.26. The van der Waals surface area contributed by atoms with Crippen LogP contribution in [0.25, 0.3) is 0 Å². The molecule has 2 saturated carbocycles. The van der Waals surface area contributed by atoms with Crippen LogP contribution in [-0.2, 0) is 0 Å². The summed E-state index contributed by atoms with van der Waals surface area (Å²) in [5.74, 6) is -0.486. The first-order chi connectivity index (χ1) is 10.1. The maximum Gasteiger partial charge on any atom is 0.338 e. The smallest absolute Gasteiger partial charge is 0.338 e. The summed E-state index contributed by atoms with van der Waals surface area (Å²) in [6.45, 7) is 0.617. The minimum atomic E-state index is -1.21. The van der Waals surface area contributed by atoms with Crippen molar-refractivity contribution in [3.05, 3.63) is 29.1 Å². The van der Waals surface area contributed by atoms with Crippen molar-refractivity contribution in [1.82, 2.24) is 0 Å². The third kappa shape index (κ3) is 3.04. The third-order valence-electron chi connectivity index (χ3n) is 4.82. The van der Waals surface area contributed by atoms with Crippen LogP contribution in [0.3, 0.4) is 0 Å². The van der Waals surface area contributed by atoms with E-state index in [0.717, 1.165) is 24.8 Å². The van der Waals surface area contributed by atoms with Gasteiger partial charge in [0.1, 0.15) is 11.6 Å². The first-order valence-corrected chi connectivity index (χ1v) is 7.84. The summed E-state index contributed by atoms with van der Waals surface area (Å²) in [4.78, 5) is 11.1. The number of hydrogen-bond donors (Lipinski definition) is 1. The normalized spacial score (nSPS) is 19.5. The van der Waals surface area contributed by atoms with E-state index < -0.39 is 11.8 Å². The van der Waals surface area contributed by atoms with Crippen LogP contribution in [0.1, 0.15) is 66.8 Å². The summed E-state index contributed by atoms with van der Waals surface area (Å²) >= 11 is 0. The van der Waals surface area contributed by atoms with Crippen molar-refractivity contribution in [2.75, 3.05) is 6.61 Å². The number of halogens is 1. The zero-order valence-electron chi connectivity index (χ0n) is 12.1. The molecule has 3 rings (SSSR count). The Morgan fingerprint density at radius 3 is 2.48 bits per heavy atom. The van der Waals surface area contributed by atoms with Gasteiger partial charge in [0.25, 0.3) is 0 Å². The van der Waals surface area contributed by atoms with Gasteiger partial charge in [0.05, 0.1) is 12.2 Å². The quantitative estimate of drug-likeness (QED) is 0.877. The van der Waals surface area contributed by atoms with Gasteiger partial charge in [-0.3, -0.25) is 0 Å². The van der Waals surface area contributed by atoms with E-state index in [0.29, 0.717) is 24.2 Å². The maximum absolute atomic E-state index is 13.9. The van der Waals surface area contributed by atoms with Gasteiger partial charge in [-0.1, -0.05) is 19.3 Å². The second kappa shape index (κ2) is 6.04. The van der Waals surface area contributed by atoms with Crippen LogP contribution in [0.5, 0.6) is 5.75 Å². The number of carboxylic acids is 1. The van der Waals surface area contributed by atoms with Crippen LogP contribution < -0.4 is 4.74 Å². The second-order valence-electron chi connectivity index (χ2n) is 6.26. The molecule has 0 aromatic heterocycles. The molecular weight excluding hydrogens is 271 g/mol. The lowest BCUT2D eigenvalue weighted by atomic mass is 9.79. The highest BCUT2D eigenvalue weighted by atomic mass is 19.1. The van der Waals surface area contributed by atoms with Gasteiger partial charge in [0.2, 0.25) is 0 Å². The Morgan fingerprint density at radius 1 is 1.19 bits per heavy atom. The molecule has 2 aliphatic carbocycles. The van der Waals surface area contributed by atoms with E-state index in [1.807, 2.05) is 0 Å². The fourth-order valence-corrected chi connectivity index (χ4v) is 3.28. The third-order valence-corrected chi connectivity index (χ3v) is 4.82. The molecule has 0 heterocycles. The van der Waals surface area contributed by atoms with Gasteiger partial charge >= 0.3 is 5.97 Å². The maximum atomic E-state index is 13.9.